The highest BCUT2D eigenvalue weighted by Gasteiger charge is 2.21. The molecule has 1 rings (SSSR count). The topological polar surface area (TPSA) is 29.5 Å². The van der Waals surface area contributed by atoms with Crippen molar-refractivity contribution in [2.75, 3.05) is 6.54 Å². The summed E-state index contributed by atoms with van der Waals surface area (Å²) in [5.41, 5.74) is 0.727. The normalized spacial score (nSPS) is 15.7. The van der Waals surface area contributed by atoms with Gasteiger partial charge in [0.1, 0.15) is 5.60 Å². The van der Waals surface area contributed by atoms with E-state index in [4.69, 9.17) is 4.74 Å². The summed E-state index contributed by atoms with van der Waals surface area (Å²) >= 11 is 0. The lowest BCUT2D eigenvalue weighted by atomic mass is 10.1. The van der Waals surface area contributed by atoms with Gasteiger partial charge in [-0.25, -0.2) is 4.79 Å². The second-order valence-corrected chi connectivity index (χ2v) is 4.72. The van der Waals surface area contributed by atoms with Crippen LogP contribution in [-0.2, 0) is 4.74 Å². The summed E-state index contributed by atoms with van der Waals surface area (Å²) in [5.74, 6) is 0. The number of amides is 1. The molecule has 0 spiro atoms. The summed E-state index contributed by atoms with van der Waals surface area (Å²) in [6.45, 7) is 9.82. The molecule has 16 heavy (non-hydrogen) atoms. The lowest BCUT2D eigenvalue weighted by molar-refractivity contribution is 0.0350. The van der Waals surface area contributed by atoms with Crippen molar-refractivity contribution in [3.05, 3.63) is 36.6 Å². The molecule has 0 radical (unpaired) electrons. The van der Waals surface area contributed by atoms with Crippen LogP contribution in [0.1, 0.15) is 27.2 Å². The number of nitrogens with zero attached hydrogens (tertiary/aromatic N) is 1. The lowest BCUT2D eigenvalue weighted by Gasteiger charge is -2.26. The minimum absolute atomic E-state index is 0.308. The van der Waals surface area contributed by atoms with Gasteiger partial charge in [-0.05, 0) is 38.8 Å². The monoisotopic (exact) mass is 221 g/mol. The zero-order valence-electron chi connectivity index (χ0n) is 10.2. The Balaban J connectivity index is 2.52. The summed E-state index contributed by atoms with van der Waals surface area (Å²) in [6.07, 6.45) is 8.05. The number of allylic oxidation sites excluding steroid dienone is 3. The predicted octanol–water partition coefficient (Wildman–Crippen LogP) is 3.25. The third-order valence-electron chi connectivity index (χ3n) is 2.03. The molecule has 0 N–H and O–H groups in total. The first-order valence-electron chi connectivity index (χ1n) is 5.40. The van der Waals surface area contributed by atoms with Crippen molar-refractivity contribution in [1.29, 1.82) is 0 Å². The van der Waals surface area contributed by atoms with Crippen LogP contribution in [0.5, 0.6) is 0 Å². The molecule has 0 aliphatic carbocycles. The maximum atomic E-state index is 11.7. The van der Waals surface area contributed by atoms with E-state index in [2.05, 4.69) is 6.58 Å². The minimum Gasteiger partial charge on any atom is -0.443 e. The highest BCUT2D eigenvalue weighted by molar-refractivity contribution is 5.70. The molecule has 1 aliphatic heterocycles. The molecule has 0 saturated heterocycles. The van der Waals surface area contributed by atoms with E-state index in [0.717, 1.165) is 6.42 Å². The standard InChI is InChI=1S/C13H19NO2/c1-5-6-11-7-9-14(10-8-11)12(15)16-13(2,3)4/h5,7-9H,1,6,10H2,2-4H3. The van der Waals surface area contributed by atoms with Gasteiger partial charge in [-0.2, -0.15) is 0 Å². The van der Waals surface area contributed by atoms with Crippen molar-refractivity contribution >= 4 is 6.09 Å². The Hall–Kier alpha value is -1.51. The van der Waals surface area contributed by atoms with E-state index < -0.39 is 5.60 Å². The summed E-state index contributed by atoms with van der Waals surface area (Å²) in [4.78, 5) is 13.2. The first-order chi connectivity index (χ1) is 7.42. The molecule has 0 aromatic rings. The average molecular weight is 221 g/mol. The number of ether oxygens (including phenoxy) is 1. The highest BCUT2D eigenvalue weighted by Crippen LogP contribution is 2.15. The van der Waals surface area contributed by atoms with E-state index in [1.54, 1.807) is 11.1 Å². The molecule has 0 unspecified atom stereocenters. The fraction of sp³-hybridized carbons (Fsp3) is 0.462. The molecule has 1 heterocycles. The third kappa shape index (κ3) is 3.93. The highest BCUT2D eigenvalue weighted by atomic mass is 16.6. The molecular formula is C13H19NO2. The molecule has 0 saturated carbocycles. The van der Waals surface area contributed by atoms with E-state index in [0.29, 0.717) is 6.54 Å². The molecule has 1 aliphatic rings. The maximum absolute atomic E-state index is 11.7. The van der Waals surface area contributed by atoms with Gasteiger partial charge >= 0.3 is 6.09 Å². The van der Waals surface area contributed by atoms with Crippen LogP contribution in [0.3, 0.4) is 0 Å². The summed E-state index contributed by atoms with van der Waals surface area (Å²) in [7, 11) is 0. The fourth-order valence-electron chi connectivity index (χ4n) is 1.30. The van der Waals surface area contributed by atoms with E-state index in [9.17, 15) is 4.79 Å². The second kappa shape index (κ2) is 5.01. The molecule has 1 amide bonds. The van der Waals surface area contributed by atoms with E-state index in [1.165, 1.54) is 5.57 Å². The van der Waals surface area contributed by atoms with Gasteiger partial charge in [0.15, 0.2) is 0 Å². The van der Waals surface area contributed by atoms with Crippen molar-refractivity contribution in [2.45, 2.75) is 32.8 Å². The van der Waals surface area contributed by atoms with Crippen molar-refractivity contribution in [3.63, 3.8) is 0 Å². The SMILES string of the molecule is C=CCC1=CCN(C(=O)OC(C)(C)C)C=C1. The van der Waals surface area contributed by atoms with Gasteiger partial charge in [-0.1, -0.05) is 12.2 Å². The van der Waals surface area contributed by atoms with Crippen molar-refractivity contribution < 1.29 is 9.53 Å². The van der Waals surface area contributed by atoms with Gasteiger partial charge < -0.3 is 4.74 Å². The van der Waals surface area contributed by atoms with Gasteiger partial charge in [0.05, 0.1) is 0 Å². The largest absolute Gasteiger partial charge is 0.443 e. The maximum Gasteiger partial charge on any atom is 0.414 e. The van der Waals surface area contributed by atoms with Crippen molar-refractivity contribution in [1.82, 2.24) is 4.90 Å². The van der Waals surface area contributed by atoms with Crippen LogP contribution in [0.25, 0.3) is 0 Å². The van der Waals surface area contributed by atoms with Gasteiger partial charge in [-0.15, -0.1) is 6.58 Å². The second-order valence-electron chi connectivity index (χ2n) is 4.72. The number of carbonyl (C=O) groups is 1. The van der Waals surface area contributed by atoms with E-state index >= 15 is 0 Å². The Labute approximate surface area is 97.1 Å². The molecule has 3 nitrogen and oxygen atoms in total. The molecule has 0 bridgehead atoms. The Morgan fingerprint density at radius 1 is 1.62 bits per heavy atom. The van der Waals surface area contributed by atoms with Gasteiger partial charge in [0.25, 0.3) is 0 Å². The zero-order valence-corrected chi connectivity index (χ0v) is 10.2. The Bertz CT molecular complexity index is 334. The Morgan fingerprint density at radius 2 is 2.31 bits per heavy atom. The number of rotatable bonds is 2. The first-order valence-corrected chi connectivity index (χ1v) is 5.40. The van der Waals surface area contributed by atoms with Crippen molar-refractivity contribution in [2.24, 2.45) is 0 Å². The lowest BCUT2D eigenvalue weighted by Crippen LogP contribution is -2.34. The predicted molar refractivity (Wildman–Crippen MR) is 65.0 cm³/mol. The molecular weight excluding hydrogens is 202 g/mol. The zero-order chi connectivity index (χ0) is 12.2. The first kappa shape index (κ1) is 12.6. The van der Waals surface area contributed by atoms with E-state index in [-0.39, 0.29) is 6.09 Å². The van der Waals surface area contributed by atoms with Crippen LogP contribution >= 0.6 is 0 Å². The van der Waals surface area contributed by atoms with Crippen LogP contribution in [0.2, 0.25) is 0 Å². The van der Waals surface area contributed by atoms with Crippen molar-refractivity contribution in [3.8, 4) is 0 Å². The van der Waals surface area contributed by atoms with Crippen LogP contribution < -0.4 is 0 Å². The third-order valence-corrected chi connectivity index (χ3v) is 2.03. The molecule has 0 aromatic heterocycles. The molecule has 88 valence electrons. The average Bonchev–Trinajstić information content (AvgIpc) is 2.16. The van der Waals surface area contributed by atoms with Crippen LogP contribution in [-0.4, -0.2) is 23.1 Å². The summed E-state index contributed by atoms with van der Waals surface area (Å²) < 4.78 is 5.26. The number of carbonyl (C=O) groups excluding carboxylic acids is 1. The minimum atomic E-state index is -0.448. The van der Waals surface area contributed by atoms with Gasteiger partial charge in [0.2, 0.25) is 0 Å². The number of hydrogen-bond acceptors (Lipinski definition) is 2. The quantitative estimate of drug-likeness (QED) is 0.670. The van der Waals surface area contributed by atoms with Gasteiger partial charge in [-0.3, -0.25) is 4.90 Å². The van der Waals surface area contributed by atoms with Gasteiger partial charge in [0, 0.05) is 12.7 Å². The number of hydrogen-bond donors (Lipinski definition) is 0. The fourth-order valence-corrected chi connectivity index (χ4v) is 1.30. The Morgan fingerprint density at radius 3 is 2.75 bits per heavy atom. The molecule has 0 aromatic carbocycles. The molecule has 3 heteroatoms. The molecule has 0 atom stereocenters. The van der Waals surface area contributed by atoms with Crippen LogP contribution in [0, 0.1) is 0 Å². The Kier molecular flexibility index (Phi) is 3.93. The van der Waals surface area contributed by atoms with Crippen LogP contribution in [0.15, 0.2) is 36.6 Å². The molecule has 0 fully saturated rings. The summed E-state index contributed by atoms with van der Waals surface area (Å²) in [6, 6.07) is 0. The smallest absolute Gasteiger partial charge is 0.414 e. The summed E-state index contributed by atoms with van der Waals surface area (Å²) in [5, 5.41) is 0. The van der Waals surface area contributed by atoms with Crippen LogP contribution in [0.4, 0.5) is 4.79 Å². The van der Waals surface area contributed by atoms with E-state index in [1.807, 2.05) is 39.0 Å².